The lowest BCUT2D eigenvalue weighted by molar-refractivity contribution is 0.101. The first-order chi connectivity index (χ1) is 13.3. The van der Waals surface area contributed by atoms with Gasteiger partial charge >= 0.3 is 6.01 Å². The number of nitrogens with zero attached hydrogens (tertiary/aromatic N) is 2. The fourth-order valence-electron chi connectivity index (χ4n) is 2.94. The molecule has 3 aromatic rings. The van der Waals surface area contributed by atoms with Gasteiger partial charge in [-0.25, -0.2) is 0 Å². The molecule has 146 valence electrons. The van der Waals surface area contributed by atoms with Gasteiger partial charge in [0.05, 0.1) is 5.92 Å². The molecule has 0 fully saturated rings. The third-order valence-corrected chi connectivity index (χ3v) is 4.40. The molecular formula is C21H23N3O4. The Morgan fingerprint density at radius 2 is 1.68 bits per heavy atom. The number of carbonyl (C=O) groups excluding carboxylic acids is 1. The summed E-state index contributed by atoms with van der Waals surface area (Å²) < 4.78 is 5.55. The summed E-state index contributed by atoms with van der Waals surface area (Å²) in [7, 11) is 0. The van der Waals surface area contributed by atoms with E-state index in [9.17, 15) is 15.0 Å². The second-order valence-electron chi connectivity index (χ2n) is 7.13. The zero-order valence-corrected chi connectivity index (χ0v) is 16.0. The molecule has 1 amide bonds. The number of rotatable bonds is 6. The summed E-state index contributed by atoms with van der Waals surface area (Å²) >= 11 is 0. The van der Waals surface area contributed by atoms with Gasteiger partial charge in [0, 0.05) is 0 Å². The van der Waals surface area contributed by atoms with Gasteiger partial charge in [-0.15, -0.1) is 5.10 Å². The van der Waals surface area contributed by atoms with Crippen LogP contribution in [0.1, 0.15) is 54.1 Å². The van der Waals surface area contributed by atoms with Crippen LogP contribution in [0.15, 0.2) is 46.9 Å². The van der Waals surface area contributed by atoms with Gasteiger partial charge in [0.2, 0.25) is 5.89 Å². The molecule has 0 aliphatic heterocycles. The Kier molecular flexibility index (Phi) is 5.63. The van der Waals surface area contributed by atoms with Gasteiger partial charge in [-0.1, -0.05) is 49.3 Å². The van der Waals surface area contributed by atoms with E-state index in [4.69, 9.17) is 4.42 Å². The first-order valence-electron chi connectivity index (χ1n) is 9.09. The molecule has 7 heteroatoms. The molecule has 3 rings (SSSR count). The molecule has 0 aliphatic rings. The summed E-state index contributed by atoms with van der Waals surface area (Å²) in [6, 6.07) is 12.2. The number of aromatic nitrogens is 2. The van der Waals surface area contributed by atoms with Crippen molar-refractivity contribution < 1.29 is 19.4 Å². The molecule has 0 bridgehead atoms. The van der Waals surface area contributed by atoms with Gasteiger partial charge in [-0.05, 0) is 42.5 Å². The monoisotopic (exact) mass is 381 g/mol. The van der Waals surface area contributed by atoms with Gasteiger partial charge in [-0.3, -0.25) is 10.1 Å². The molecule has 0 saturated carbocycles. The molecule has 2 aromatic carbocycles. The normalized spacial score (nSPS) is 12.1. The Balaban J connectivity index is 1.72. The van der Waals surface area contributed by atoms with E-state index in [1.54, 1.807) is 0 Å². The van der Waals surface area contributed by atoms with Gasteiger partial charge in [-0.2, -0.15) is 0 Å². The van der Waals surface area contributed by atoms with Crippen molar-refractivity contribution in [2.45, 2.75) is 33.1 Å². The molecule has 7 nitrogen and oxygen atoms in total. The van der Waals surface area contributed by atoms with Crippen LogP contribution in [-0.2, 0) is 6.42 Å². The summed E-state index contributed by atoms with van der Waals surface area (Å²) in [6.07, 6.45) is 1.02. The van der Waals surface area contributed by atoms with Crippen LogP contribution in [0.2, 0.25) is 0 Å². The molecule has 28 heavy (non-hydrogen) atoms. The maximum absolute atomic E-state index is 12.3. The van der Waals surface area contributed by atoms with Gasteiger partial charge in [0.15, 0.2) is 0 Å². The topological polar surface area (TPSA) is 108 Å². The lowest BCUT2D eigenvalue weighted by Gasteiger charge is -2.10. The van der Waals surface area contributed by atoms with Crippen molar-refractivity contribution in [1.29, 1.82) is 0 Å². The number of amides is 1. The third kappa shape index (κ3) is 4.31. The Hall–Kier alpha value is -3.35. The Bertz CT molecular complexity index is 944. The Morgan fingerprint density at radius 3 is 2.29 bits per heavy atom. The second kappa shape index (κ2) is 8.12. The molecule has 0 saturated heterocycles. The van der Waals surface area contributed by atoms with E-state index < -0.39 is 5.91 Å². The minimum Gasteiger partial charge on any atom is -0.507 e. The summed E-state index contributed by atoms with van der Waals surface area (Å²) in [4.78, 5) is 12.3. The number of phenolic OH excluding ortho intramolecular Hbond substituents is 2. The van der Waals surface area contributed by atoms with E-state index in [0.29, 0.717) is 11.8 Å². The van der Waals surface area contributed by atoms with Crippen molar-refractivity contribution in [3.8, 4) is 11.5 Å². The Labute approximate surface area is 163 Å². The highest BCUT2D eigenvalue weighted by atomic mass is 16.4. The van der Waals surface area contributed by atoms with Crippen LogP contribution in [0.25, 0.3) is 0 Å². The zero-order chi connectivity index (χ0) is 20.3. The van der Waals surface area contributed by atoms with Crippen LogP contribution < -0.4 is 5.32 Å². The van der Waals surface area contributed by atoms with Gasteiger partial charge in [0.1, 0.15) is 17.1 Å². The highest BCUT2D eigenvalue weighted by molar-refractivity contribution is 6.07. The fraction of sp³-hybridized carbons (Fsp3) is 0.286. The first kappa shape index (κ1) is 19.4. The molecule has 0 spiro atoms. The van der Waals surface area contributed by atoms with Gasteiger partial charge < -0.3 is 14.6 Å². The zero-order valence-electron chi connectivity index (χ0n) is 16.0. The number of benzene rings is 2. The van der Waals surface area contributed by atoms with E-state index in [2.05, 4.69) is 41.5 Å². The van der Waals surface area contributed by atoms with E-state index in [1.165, 1.54) is 23.8 Å². The highest BCUT2D eigenvalue weighted by Gasteiger charge is 2.21. The molecule has 1 aromatic heterocycles. The van der Waals surface area contributed by atoms with Crippen molar-refractivity contribution in [3.63, 3.8) is 0 Å². The number of anilines is 1. The molecule has 3 N–H and O–H groups in total. The summed E-state index contributed by atoms with van der Waals surface area (Å²) in [5.41, 5.74) is 2.04. The van der Waals surface area contributed by atoms with Gasteiger partial charge in [0.25, 0.3) is 5.91 Å². The minimum atomic E-state index is -0.739. The number of carbonyl (C=O) groups is 1. The molecule has 1 atom stereocenters. The largest absolute Gasteiger partial charge is 0.507 e. The predicted octanol–water partition coefficient (Wildman–Crippen LogP) is 4.08. The maximum Gasteiger partial charge on any atom is 0.322 e. The Morgan fingerprint density at radius 1 is 1.04 bits per heavy atom. The standard InChI is InChI=1S/C21H23N3O4/c1-12(2)11-14-7-9-15(10-8-14)13(3)20-23-24-21(28-20)22-19(27)18-16(25)5-4-6-17(18)26/h4-10,12-13,25-26H,11H2,1-3H3,(H,22,24,27). The number of hydrogen-bond acceptors (Lipinski definition) is 6. The summed E-state index contributed by atoms with van der Waals surface area (Å²) in [5.74, 6) is -0.622. The molecule has 0 aliphatic carbocycles. The summed E-state index contributed by atoms with van der Waals surface area (Å²) in [5, 5.41) is 29.8. The average molecular weight is 381 g/mol. The van der Waals surface area contributed by atoms with E-state index in [-0.39, 0.29) is 29.0 Å². The van der Waals surface area contributed by atoms with Crippen molar-refractivity contribution in [2.75, 3.05) is 5.32 Å². The van der Waals surface area contributed by atoms with E-state index in [0.717, 1.165) is 12.0 Å². The quantitative estimate of drug-likeness (QED) is 0.594. The van der Waals surface area contributed by atoms with Crippen molar-refractivity contribution in [2.24, 2.45) is 5.92 Å². The fourth-order valence-corrected chi connectivity index (χ4v) is 2.94. The molecular weight excluding hydrogens is 358 g/mol. The SMILES string of the molecule is CC(C)Cc1ccc(C(C)c2nnc(NC(=O)c3c(O)cccc3O)o2)cc1. The van der Waals surface area contributed by atoms with Crippen LogP contribution in [0.3, 0.4) is 0 Å². The van der Waals surface area contributed by atoms with Crippen LogP contribution in [0.5, 0.6) is 11.5 Å². The maximum atomic E-state index is 12.3. The molecule has 0 radical (unpaired) electrons. The first-order valence-corrected chi connectivity index (χ1v) is 9.09. The van der Waals surface area contributed by atoms with Crippen molar-refractivity contribution >= 4 is 11.9 Å². The predicted molar refractivity (Wildman–Crippen MR) is 105 cm³/mol. The summed E-state index contributed by atoms with van der Waals surface area (Å²) in [6.45, 7) is 6.30. The lowest BCUT2D eigenvalue weighted by Crippen LogP contribution is -2.12. The molecule has 1 unspecified atom stereocenters. The smallest absolute Gasteiger partial charge is 0.322 e. The number of aromatic hydroxyl groups is 2. The lowest BCUT2D eigenvalue weighted by atomic mass is 9.97. The molecule has 1 heterocycles. The number of hydrogen-bond donors (Lipinski definition) is 3. The van der Waals surface area contributed by atoms with E-state index >= 15 is 0 Å². The average Bonchev–Trinajstić information content (AvgIpc) is 3.09. The number of nitrogens with one attached hydrogen (secondary N) is 1. The van der Waals surface area contributed by atoms with Crippen LogP contribution >= 0.6 is 0 Å². The van der Waals surface area contributed by atoms with Crippen LogP contribution in [0, 0.1) is 5.92 Å². The highest BCUT2D eigenvalue weighted by Crippen LogP contribution is 2.28. The number of phenols is 2. The van der Waals surface area contributed by atoms with Crippen molar-refractivity contribution in [1.82, 2.24) is 10.2 Å². The second-order valence-corrected chi connectivity index (χ2v) is 7.13. The van der Waals surface area contributed by atoms with E-state index in [1.807, 2.05) is 19.1 Å². The van der Waals surface area contributed by atoms with Crippen LogP contribution in [0.4, 0.5) is 6.01 Å². The van der Waals surface area contributed by atoms with Crippen molar-refractivity contribution in [3.05, 3.63) is 65.0 Å². The minimum absolute atomic E-state index is 0.106. The third-order valence-electron chi connectivity index (χ3n) is 4.40. The van der Waals surface area contributed by atoms with Crippen LogP contribution in [-0.4, -0.2) is 26.3 Å².